The van der Waals surface area contributed by atoms with Crippen molar-refractivity contribution < 1.29 is 9.90 Å². The number of carboxylic acids is 1. The van der Waals surface area contributed by atoms with Gasteiger partial charge in [-0.15, -0.1) is 11.8 Å². The van der Waals surface area contributed by atoms with Crippen molar-refractivity contribution in [2.24, 2.45) is 17.3 Å². The van der Waals surface area contributed by atoms with Gasteiger partial charge in [0.25, 0.3) is 0 Å². The molecule has 2 rings (SSSR count). The fourth-order valence-corrected chi connectivity index (χ4v) is 4.22. The molecule has 0 radical (unpaired) electrons. The highest BCUT2D eigenvalue weighted by Crippen LogP contribution is 2.43. The summed E-state index contributed by atoms with van der Waals surface area (Å²) < 4.78 is 0. The number of benzene rings is 1. The molecule has 1 aliphatic rings. The van der Waals surface area contributed by atoms with Gasteiger partial charge in [-0.2, -0.15) is 0 Å². The van der Waals surface area contributed by atoms with Gasteiger partial charge in [0.1, 0.15) is 0 Å². The third-order valence-corrected chi connectivity index (χ3v) is 5.38. The van der Waals surface area contributed by atoms with Crippen LogP contribution in [0.1, 0.15) is 39.5 Å². The number of aliphatic carboxylic acids is 1. The maximum Gasteiger partial charge on any atom is 0.306 e. The molecule has 2 atom stereocenters. The van der Waals surface area contributed by atoms with Gasteiger partial charge in [0.05, 0.1) is 5.92 Å². The molecule has 1 fully saturated rings. The Kier molecular flexibility index (Phi) is 5.14. The van der Waals surface area contributed by atoms with E-state index in [9.17, 15) is 9.90 Å². The van der Waals surface area contributed by atoms with E-state index in [0.29, 0.717) is 11.3 Å². The molecular weight excluding hydrogens is 268 g/mol. The van der Waals surface area contributed by atoms with Gasteiger partial charge < -0.3 is 5.11 Å². The number of hydrogen-bond donors (Lipinski definition) is 1. The molecule has 1 N–H and O–H groups in total. The van der Waals surface area contributed by atoms with E-state index in [4.69, 9.17) is 0 Å². The van der Waals surface area contributed by atoms with Gasteiger partial charge in [-0.25, -0.2) is 0 Å². The van der Waals surface area contributed by atoms with E-state index in [1.54, 1.807) is 0 Å². The molecule has 3 heteroatoms. The Morgan fingerprint density at radius 3 is 2.70 bits per heavy atom. The van der Waals surface area contributed by atoms with E-state index in [-0.39, 0.29) is 5.92 Å². The molecule has 110 valence electrons. The predicted octanol–water partition coefficient (Wildman–Crippen LogP) is 4.70. The van der Waals surface area contributed by atoms with E-state index in [2.05, 4.69) is 26.0 Å². The van der Waals surface area contributed by atoms with Gasteiger partial charge >= 0.3 is 5.97 Å². The van der Waals surface area contributed by atoms with E-state index >= 15 is 0 Å². The highest BCUT2D eigenvalue weighted by Gasteiger charge is 2.37. The molecule has 20 heavy (non-hydrogen) atoms. The Morgan fingerprint density at radius 2 is 2.05 bits per heavy atom. The summed E-state index contributed by atoms with van der Waals surface area (Å²) in [4.78, 5) is 12.7. The molecule has 0 heterocycles. The molecule has 1 saturated carbocycles. The van der Waals surface area contributed by atoms with Crippen molar-refractivity contribution in [3.8, 4) is 0 Å². The summed E-state index contributed by atoms with van der Waals surface area (Å²) in [5.41, 5.74) is 0.300. The Balaban J connectivity index is 1.89. The van der Waals surface area contributed by atoms with Crippen molar-refractivity contribution in [3.05, 3.63) is 30.3 Å². The van der Waals surface area contributed by atoms with Crippen LogP contribution in [0.25, 0.3) is 0 Å². The van der Waals surface area contributed by atoms with Crippen molar-refractivity contribution in [2.45, 2.75) is 44.4 Å². The highest BCUT2D eigenvalue weighted by molar-refractivity contribution is 7.99. The molecule has 0 aromatic heterocycles. The van der Waals surface area contributed by atoms with Crippen LogP contribution in [0.5, 0.6) is 0 Å². The zero-order valence-corrected chi connectivity index (χ0v) is 13.2. The lowest BCUT2D eigenvalue weighted by Crippen LogP contribution is -2.34. The number of carbonyl (C=O) groups is 1. The SMILES string of the molecule is CC1(C)CCC(C(=O)O)C(CCSc2ccccc2)C1. The quantitative estimate of drug-likeness (QED) is 0.800. The first kappa shape index (κ1) is 15.4. The highest BCUT2D eigenvalue weighted by atomic mass is 32.2. The molecule has 0 aliphatic heterocycles. The monoisotopic (exact) mass is 292 g/mol. The molecule has 0 saturated heterocycles. The van der Waals surface area contributed by atoms with Gasteiger partial charge in [0, 0.05) is 4.90 Å². The van der Waals surface area contributed by atoms with Crippen LogP contribution in [-0.4, -0.2) is 16.8 Å². The summed E-state index contributed by atoms with van der Waals surface area (Å²) >= 11 is 1.84. The Labute approximate surface area is 126 Å². The number of carboxylic acid groups (broad SMARTS) is 1. The lowest BCUT2D eigenvalue weighted by molar-refractivity contribution is -0.146. The van der Waals surface area contributed by atoms with Crippen LogP contribution in [-0.2, 0) is 4.79 Å². The smallest absolute Gasteiger partial charge is 0.306 e. The van der Waals surface area contributed by atoms with E-state index in [1.807, 2.05) is 30.0 Å². The van der Waals surface area contributed by atoms with Gasteiger partial charge in [-0.3, -0.25) is 4.79 Å². The molecular formula is C17H24O2S. The van der Waals surface area contributed by atoms with Crippen molar-refractivity contribution in [2.75, 3.05) is 5.75 Å². The second-order valence-electron chi connectivity index (χ2n) is 6.56. The summed E-state index contributed by atoms with van der Waals surface area (Å²) in [6, 6.07) is 10.3. The summed E-state index contributed by atoms with van der Waals surface area (Å²) in [6.45, 7) is 4.53. The third-order valence-electron chi connectivity index (χ3n) is 4.33. The van der Waals surface area contributed by atoms with Crippen molar-refractivity contribution >= 4 is 17.7 Å². The molecule has 1 aliphatic carbocycles. The predicted molar refractivity (Wildman–Crippen MR) is 84.0 cm³/mol. The third kappa shape index (κ3) is 4.27. The summed E-state index contributed by atoms with van der Waals surface area (Å²) in [6.07, 6.45) is 3.91. The van der Waals surface area contributed by atoms with Crippen LogP contribution in [0.15, 0.2) is 35.2 Å². The normalized spacial score (nSPS) is 25.3. The van der Waals surface area contributed by atoms with Crippen LogP contribution >= 0.6 is 11.8 Å². The maximum atomic E-state index is 11.4. The molecule has 0 amide bonds. The Bertz CT molecular complexity index is 442. The molecule has 1 aromatic rings. The Morgan fingerprint density at radius 1 is 1.35 bits per heavy atom. The zero-order chi connectivity index (χ0) is 14.6. The molecule has 2 unspecified atom stereocenters. The average molecular weight is 292 g/mol. The van der Waals surface area contributed by atoms with Crippen molar-refractivity contribution in [1.82, 2.24) is 0 Å². The van der Waals surface area contributed by atoms with Gasteiger partial charge in [0.2, 0.25) is 0 Å². The fraction of sp³-hybridized carbons (Fsp3) is 0.588. The van der Waals surface area contributed by atoms with E-state index in [1.165, 1.54) is 4.90 Å². The largest absolute Gasteiger partial charge is 0.481 e. The van der Waals surface area contributed by atoms with Gasteiger partial charge in [-0.1, -0.05) is 32.0 Å². The number of rotatable bonds is 5. The van der Waals surface area contributed by atoms with Crippen molar-refractivity contribution in [1.29, 1.82) is 0 Å². The maximum absolute atomic E-state index is 11.4. The molecule has 0 bridgehead atoms. The number of thioether (sulfide) groups is 1. The molecule has 2 nitrogen and oxygen atoms in total. The minimum absolute atomic E-state index is 0.139. The first-order valence-electron chi connectivity index (χ1n) is 7.39. The summed E-state index contributed by atoms with van der Waals surface area (Å²) in [7, 11) is 0. The van der Waals surface area contributed by atoms with E-state index < -0.39 is 5.97 Å². The fourth-order valence-electron chi connectivity index (χ4n) is 3.21. The first-order chi connectivity index (χ1) is 9.48. The van der Waals surface area contributed by atoms with Crippen molar-refractivity contribution in [3.63, 3.8) is 0 Å². The first-order valence-corrected chi connectivity index (χ1v) is 8.37. The van der Waals surface area contributed by atoms with Crippen LogP contribution < -0.4 is 0 Å². The van der Waals surface area contributed by atoms with E-state index in [0.717, 1.165) is 31.4 Å². The zero-order valence-electron chi connectivity index (χ0n) is 12.3. The second-order valence-corrected chi connectivity index (χ2v) is 7.73. The van der Waals surface area contributed by atoms with Gasteiger partial charge in [-0.05, 0) is 54.9 Å². The summed E-state index contributed by atoms with van der Waals surface area (Å²) in [5, 5.41) is 9.39. The minimum atomic E-state index is -0.602. The molecule has 1 aromatic carbocycles. The lowest BCUT2D eigenvalue weighted by Gasteiger charge is -2.39. The van der Waals surface area contributed by atoms with Crippen LogP contribution in [0, 0.1) is 17.3 Å². The molecule has 0 spiro atoms. The summed E-state index contributed by atoms with van der Waals surface area (Å²) in [5.74, 6) is 0.594. The standard InChI is InChI=1S/C17H24O2S/c1-17(2)10-8-15(16(18)19)13(12-17)9-11-20-14-6-4-3-5-7-14/h3-7,13,15H,8-12H2,1-2H3,(H,18,19). The second kappa shape index (κ2) is 6.66. The average Bonchev–Trinajstić information content (AvgIpc) is 2.38. The van der Waals surface area contributed by atoms with Gasteiger partial charge in [0.15, 0.2) is 0 Å². The topological polar surface area (TPSA) is 37.3 Å². The Hall–Kier alpha value is -0.960. The van der Waals surface area contributed by atoms with Crippen LogP contribution in [0.3, 0.4) is 0 Å². The van der Waals surface area contributed by atoms with Crippen LogP contribution in [0.4, 0.5) is 0 Å². The lowest BCUT2D eigenvalue weighted by atomic mass is 9.66. The van der Waals surface area contributed by atoms with Crippen LogP contribution in [0.2, 0.25) is 0 Å². The minimum Gasteiger partial charge on any atom is -0.481 e. The number of hydrogen-bond acceptors (Lipinski definition) is 2.